The fourth-order valence-electron chi connectivity index (χ4n) is 6.04. The van der Waals surface area contributed by atoms with Gasteiger partial charge >= 0.3 is 6.09 Å². The monoisotopic (exact) mass is 670 g/mol. The van der Waals surface area contributed by atoms with Gasteiger partial charge in [-0.05, 0) is 102 Å². The van der Waals surface area contributed by atoms with Crippen molar-refractivity contribution in [1.29, 1.82) is 0 Å². The van der Waals surface area contributed by atoms with Gasteiger partial charge in [0.2, 0.25) is 0 Å². The minimum Gasteiger partial charge on any atom is -0.446 e. The van der Waals surface area contributed by atoms with Crippen molar-refractivity contribution in [2.45, 2.75) is 220 Å². The standard InChI is InChI=1S/C45H83NO2/c1-5-7-9-11-13-15-17-19-21-23-25-27-29-31-33-35-40-44(48-45(47)46-42-38-37-39-43(3)4)41-36-34-32-30-28-26-24-22-20-18-16-14-12-10-8-6-2/h13-16,19-22,43-44H,5-12,17-18,23-42H2,1-4H3,(H,46,47). The predicted octanol–water partition coefficient (Wildman–Crippen LogP) is 15.3. The Morgan fingerprint density at radius 3 is 1.27 bits per heavy atom. The number of amides is 1. The van der Waals surface area contributed by atoms with Gasteiger partial charge in [0.1, 0.15) is 6.10 Å². The fraction of sp³-hybridized carbons (Fsp3) is 0.800. The van der Waals surface area contributed by atoms with E-state index in [0.29, 0.717) is 0 Å². The van der Waals surface area contributed by atoms with Crippen molar-refractivity contribution >= 4 is 6.09 Å². The second kappa shape index (κ2) is 39.7. The van der Waals surface area contributed by atoms with E-state index in [0.717, 1.165) is 44.6 Å². The fourth-order valence-corrected chi connectivity index (χ4v) is 6.04. The lowest BCUT2D eigenvalue weighted by Gasteiger charge is -2.18. The molecule has 0 heterocycles. The molecule has 0 rings (SSSR count). The smallest absolute Gasteiger partial charge is 0.407 e. The molecule has 280 valence electrons. The summed E-state index contributed by atoms with van der Waals surface area (Å²) in [7, 11) is 0. The zero-order chi connectivity index (χ0) is 35.0. The number of carbonyl (C=O) groups excluding carboxylic acids is 1. The van der Waals surface area contributed by atoms with Crippen LogP contribution < -0.4 is 5.32 Å². The minimum atomic E-state index is -0.204. The van der Waals surface area contributed by atoms with Gasteiger partial charge in [0.25, 0.3) is 0 Å². The van der Waals surface area contributed by atoms with Crippen molar-refractivity contribution in [2.75, 3.05) is 6.54 Å². The highest BCUT2D eigenvalue weighted by molar-refractivity contribution is 5.67. The minimum absolute atomic E-state index is 0.0670. The molecule has 0 bridgehead atoms. The molecule has 0 saturated carbocycles. The number of allylic oxidation sites excluding steroid dienone is 8. The lowest BCUT2D eigenvalue weighted by atomic mass is 10.0. The molecule has 0 saturated heterocycles. The second-order valence-electron chi connectivity index (χ2n) is 14.6. The van der Waals surface area contributed by atoms with Gasteiger partial charge in [0, 0.05) is 6.54 Å². The average Bonchev–Trinajstić information content (AvgIpc) is 3.07. The molecule has 0 spiro atoms. The SMILES string of the molecule is CCCCCC=CCC=CCCCCCCCCC(CCCCCCCCC=CCC=CCCCCC)OC(=O)NCCCCC(C)C. The van der Waals surface area contributed by atoms with E-state index < -0.39 is 0 Å². The van der Waals surface area contributed by atoms with E-state index in [2.05, 4.69) is 81.6 Å². The second-order valence-corrected chi connectivity index (χ2v) is 14.6. The molecule has 1 amide bonds. The summed E-state index contributed by atoms with van der Waals surface area (Å²) in [6.45, 7) is 9.77. The van der Waals surface area contributed by atoms with Crippen molar-refractivity contribution in [1.82, 2.24) is 5.32 Å². The third-order valence-electron chi connectivity index (χ3n) is 9.20. The molecule has 0 radical (unpaired) electrons. The topological polar surface area (TPSA) is 38.3 Å². The number of hydrogen-bond acceptors (Lipinski definition) is 2. The summed E-state index contributed by atoms with van der Waals surface area (Å²) in [5, 5.41) is 3.02. The molecule has 0 aromatic carbocycles. The lowest BCUT2D eigenvalue weighted by molar-refractivity contribution is 0.0840. The number of nitrogens with one attached hydrogen (secondary N) is 1. The van der Waals surface area contributed by atoms with Crippen molar-refractivity contribution in [3.05, 3.63) is 48.6 Å². The molecule has 0 aliphatic carbocycles. The Morgan fingerprint density at radius 2 is 0.854 bits per heavy atom. The highest BCUT2D eigenvalue weighted by Crippen LogP contribution is 2.18. The molecule has 0 aliphatic heterocycles. The van der Waals surface area contributed by atoms with Crippen LogP contribution in [0.4, 0.5) is 4.79 Å². The van der Waals surface area contributed by atoms with Crippen molar-refractivity contribution < 1.29 is 9.53 Å². The molecular weight excluding hydrogens is 587 g/mol. The Hall–Kier alpha value is -1.77. The van der Waals surface area contributed by atoms with E-state index in [-0.39, 0.29) is 12.2 Å². The average molecular weight is 670 g/mol. The van der Waals surface area contributed by atoms with Crippen LogP contribution in [0.3, 0.4) is 0 Å². The maximum Gasteiger partial charge on any atom is 0.407 e. The number of rotatable bonds is 36. The Bertz CT molecular complexity index is 717. The number of unbranched alkanes of at least 4 members (excludes halogenated alkanes) is 19. The van der Waals surface area contributed by atoms with Gasteiger partial charge in [-0.1, -0.05) is 166 Å². The summed E-state index contributed by atoms with van der Waals surface area (Å²) in [6, 6.07) is 0. The summed E-state index contributed by atoms with van der Waals surface area (Å²) < 4.78 is 5.95. The molecule has 48 heavy (non-hydrogen) atoms. The lowest BCUT2D eigenvalue weighted by Crippen LogP contribution is -2.30. The van der Waals surface area contributed by atoms with E-state index in [1.807, 2.05) is 0 Å². The highest BCUT2D eigenvalue weighted by Gasteiger charge is 2.14. The largest absolute Gasteiger partial charge is 0.446 e. The normalized spacial score (nSPS) is 12.9. The van der Waals surface area contributed by atoms with Crippen LogP contribution in [0.2, 0.25) is 0 Å². The van der Waals surface area contributed by atoms with Crippen LogP contribution in [-0.2, 0) is 4.74 Å². The van der Waals surface area contributed by atoms with Crippen LogP contribution >= 0.6 is 0 Å². The number of alkyl carbamates (subject to hydrolysis) is 1. The van der Waals surface area contributed by atoms with Crippen LogP contribution in [-0.4, -0.2) is 18.7 Å². The molecule has 0 atom stereocenters. The van der Waals surface area contributed by atoms with Crippen LogP contribution in [0, 0.1) is 5.92 Å². The van der Waals surface area contributed by atoms with Gasteiger partial charge in [-0.3, -0.25) is 0 Å². The van der Waals surface area contributed by atoms with E-state index in [1.165, 1.54) is 154 Å². The summed E-state index contributed by atoms with van der Waals surface area (Å²) >= 11 is 0. The number of ether oxygens (including phenoxy) is 1. The first kappa shape index (κ1) is 46.2. The Kier molecular flexibility index (Phi) is 38.2. The van der Waals surface area contributed by atoms with Gasteiger partial charge in [-0.25, -0.2) is 4.79 Å². The van der Waals surface area contributed by atoms with Crippen LogP contribution in [0.25, 0.3) is 0 Å². The van der Waals surface area contributed by atoms with Gasteiger partial charge in [0.15, 0.2) is 0 Å². The summed E-state index contributed by atoms with van der Waals surface area (Å²) in [6.07, 6.45) is 54.3. The molecule has 3 heteroatoms. The molecule has 0 fully saturated rings. The Morgan fingerprint density at radius 1 is 0.479 bits per heavy atom. The first-order valence-corrected chi connectivity index (χ1v) is 21.1. The molecule has 0 aliphatic rings. The number of carbonyl (C=O) groups is 1. The van der Waals surface area contributed by atoms with Gasteiger partial charge in [-0.2, -0.15) is 0 Å². The summed E-state index contributed by atoms with van der Waals surface area (Å²) in [5.41, 5.74) is 0. The summed E-state index contributed by atoms with van der Waals surface area (Å²) in [4.78, 5) is 12.5. The molecule has 3 nitrogen and oxygen atoms in total. The molecule has 0 unspecified atom stereocenters. The van der Waals surface area contributed by atoms with Crippen LogP contribution in [0.5, 0.6) is 0 Å². The Labute approximate surface area is 301 Å². The van der Waals surface area contributed by atoms with Crippen LogP contribution in [0.15, 0.2) is 48.6 Å². The van der Waals surface area contributed by atoms with Gasteiger partial charge < -0.3 is 10.1 Å². The highest BCUT2D eigenvalue weighted by atomic mass is 16.6. The maximum atomic E-state index is 12.5. The van der Waals surface area contributed by atoms with Gasteiger partial charge in [0.05, 0.1) is 0 Å². The van der Waals surface area contributed by atoms with E-state index in [4.69, 9.17) is 4.74 Å². The van der Waals surface area contributed by atoms with Crippen LogP contribution in [0.1, 0.15) is 214 Å². The van der Waals surface area contributed by atoms with E-state index in [9.17, 15) is 4.79 Å². The maximum absolute atomic E-state index is 12.5. The van der Waals surface area contributed by atoms with E-state index >= 15 is 0 Å². The first-order valence-electron chi connectivity index (χ1n) is 21.1. The summed E-state index contributed by atoms with van der Waals surface area (Å²) in [5.74, 6) is 0.727. The predicted molar refractivity (Wildman–Crippen MR) is 215 cm³/mol. The van der Waals surface area contributed by atoms with Crippen molar-refractivity contribution in [3.63, 3.8) is 0 Å². The first-order chi connectivity index (χ1) is 23.6. The molecule has 0 aromatic rings. The van der Waals surface area contributed by atoms with Crippen molar-refractivity contribution in [3.8, 4) is 0 Å². The third-order valence-corrected chi connectivity index (χ3v) is 9.20. The Balaban J connectivity index is 4.10. The number of hydrogen-bond donors (Lipinski definition) is 1. The molecule has 1 N–H and O–H groups in total. The van der Waals surface area contributed by atoms with Gasteiger partial charge in [-0.15, -0.1) is 0 Å². The quantitative estimate of drug-likeness (QED) is 0.0532. The third kappa shape index (κ3) is 38.7. The molecular formula is C45H83NO2. The zero-order valence-electron chi connectivity index (χ0n) is 32.8. The molecule has 0 aromatic heterocycles. The van der Waals surface area contributed by atoms with E-state index in [1.54, 1.807) is 0 Å². The van der Waals surface area contributed by atoms with Crippen molar-refractivity contribution in [2.24, 2.45) is 5.92 Å². The zero-order valence-corrected chi connectivity index (χ0v) is 32.8.